The van der Waals surface area contributed by atoms with Gasteiger partial charge in [-0.25, -0.2) is 0 Å². The third kappa shape index (κ3) is 13.6. The zero-order chi connectivity index (χ0) is 37.6. The van der Waals surface area contributed by atoms with Crippen molar-refractivity contribution in [1.82, 2.24) is 10.6 Å². The lowest BCUT2D eigenvalue weighted by molar-refractivity contribution is -0.261. The molecule has 1 fully saturated rings. The van der Waals surface area contributed by atoms with Gasteiger partial charge in [0.05, 0.1) is 24.3 Å². The number of amides is 2. The molecule has 51 heavy (non-hydrogen) atoms. The van der Waals surface area contributed by atoms with E-state index in [1.54, 1.807) is 0 Å². The maximum atomic E-state index is 13.2. The highest BCUT2D eigenvalue weighted by atomic mass is 35.5. The first kappa shape index (κ1) is 42.0. The van der Waals surface area contributed by atoms with Crippen LogP contribution in [0.5, 0.6) is 11.5 Å². The summed E-state index contributed by atoms with van der Waals surface area (Å²) in [4.78, 5) is 37.4. The highest BCUT2D eigenvalue weighted by Crippen LogP contribution is 2.34. The molecule has 1 aliphatic heterocycles. The Morgan fingerprint density at radius 1 is 0.902 bits per heavy atom. The highest BCUT2D eigenvalue weighted by molar-refractivity contribution is 6.32. The Bertz CT molecular complexity index is 1430. The molecule has 0 saturated carbocycles. The van der Waals surface area contributed by atoms with Crippen LogP contribution in [0.4, 0.5) is 0 Å². The van der Waals surface area contributed by atoms with Crippen LogP contribution in [0.2, 0.25) is 5.02 Å². The largest absolute Gasteiger partial charge is 0.496 e. The number of nitrogens with one attached hydrogen (secondary N) is 2. The van der Waals surface area contributed by atoms with Gasteiger partial charge in [-0.1, -0.05) is 61.5 Å². The fourth-order valence-corrected chi connectivity index (χ4v) is 5.81. The third-order valence-corrected chi connectivity index (χ3v) is 8.54. The second kappa shape index (κ2) is 20.5. The predicted octanol–water partition coefficient (Wildman–Crippen LogP) is 4.19. The number of benzene rings is 2. The van der Waals surface area contributed by atoms with Crippen LogP contribution in [-0.4, -0.2) is 90.2 Å². The van der Waals surface area contributed by atoms with E-state index in [0.717, 1.165) is 49.7 Å². The Balaban J connectivity index is 1.44. The minimum Gasteiger partial charge on any atom is -0.496 e. The summed E-state index contributed by atoms with van der Waals surface area (Å²) in [6, 6.07) is 9.27. The molecule has 2 aromatic rings. The van der Waals surface area contributed by atoms with E-state index in [4.69, 9.17) is 35.3 Å². The van der Waals surface area contributed by atoms with Crippen LogP contribution in [-0.2, 0) is 37.0 Å². The number of carbonyl (C=O) groups is 3. The van der Waals surface area contributed by atoms with E-state index in [1.807, 2.05) is 45.0 Å². The first-order chi connectivity index (χ1) is 24.3. The molecule has 1 aliphatic rings. The molecule has 5 N–H and O–H groups in total. The van der Waals surface area contributed by atoms with Crippen LogP contribution < -0.4 is 20.1 Å². The number of hydrogen-bond acceptors (Lipinski definition) is 11. The van der Waals surface area contributed by atoms with Gasteiger partial charge in [-0.3, -0.25) is 14.4 Å². The summed E-state index contributed by atoms with van der Waals surface area (Å²) in [6.45, 7) is 5.57. The second-order valence-corrected chi connectivity index (χ2v) is 13.9. The zero-order valence-corrected chi connectivity index (χ0v) is 30.9. The van der Waals surface area contributed by atoms with Gasteiger partial charge in [0.15, 0.2) is 6.29 Å². The van der Waals surface area contributed by atoms with Crippen molar-refractivity contribution < 1.29 is 53.4 Å². The van der Waals surface area contributed by atoms with Crippen molar-refractivity contribution in [3.63, 3.8) is 0 Å². The van der Waals surface area contributed by atoms with Gasteiger partial charge in [0.1, 0.15) is 48.1 Å². The lowest BCUT2D eigenvalue weighted by atomic mass is 9.96. The molecule has 0 unspecified atom stereocenters. The molecule has 2 amide bonds. The van der Waals surface area contributed by atoms with Crippen LogP contribution in [0.1, 0.15) is 93.6 Å². The lowest BCUT2D eigenvalue weighted by Crippen LogP contribution is -2.64. The fourth-order valence-electron chi connectivity index (χ4n) is 5.59. The molecule has 0 bridgehead atoms. The number of aliphatic hydroxyl groups is 3. The molecule has 284 valence electrons. The van der Waals surface area contributed by atoms with E-state index >= 15 is 0 Å². The van der Waals surface area contributed by atoms with E-state index in [-0.39, 0.29) is 40.6 Å². The van der Waals surface area contributed by atoms with Gasteiger partial charge >= 0.3 is 5.97 Å². The van der Waals surface area contributed by atoms with Gasteiger partial charge in [0.25, 0.3) is 5.91 Å². The van der Waals surface area contributed by atoms with Gasteiger partial charge in [-0.05, 0) is 50.8 Å². The number of carbonyl (C=O) groups excluding carboxylic acids is 3. The summed E-state index contributed by atoms with van der Waals surface area (Å²) >= 11 is 6.50. The van der Waals surface area contributed by atoms with Crippen molar-refractivity contribution in [3.8, 4) is 11.5 Å². The normalized spacial score (nSPS) is 20.4. The average Bonchev–Trinajstić information content (AvgIpc) is 3.09. The number of unbranched alkanes of at least 4 members (excludes halogenated alkanes) is 5. The quantitative estimate of drug-likeness (QED) is 0.103. The summed E-state index contributed by atoms with van der Waals surface area (Å²) in [6.07, 6.45) is 1.29. The lowest BCUT2D eigenvalue weighted by Gasteiger charge is -2.41. The van der Waals surface area contributed by atoms with Gasteiger partial charge < -0.3 is 49.6 Å². The maximum Gasteiger partial charge on any atom is 0.306 e. The molecule has 1 heterocycles. The number of aliphatic hydroxyl groups excluding tert-OH is 3. The van der Waals surface area contributed by atoms with Crippen LogP contribution in [0.15, 0.2) is 36.4 Å². The molecule has 0 spiro atoms. The topological polar surface area (TPSA) is 182 Å². The second-order valence-electron chi connectivity index (χ2n) is 13.5. The average molecular weight is 737 g/mol. The Labute approximate surface area is 304 Å². The van der Waals surface area contributed by atoms with E-state index in [1.165, 1.54) is 26.4 Å². The van der Waals surface area contributed by atoms with Crippen LogP contribution in [0.25, 0.3) is 0 Å². The molecule has 13 nitrogen and oxygen atoms in total. The van der Waals surface area contributed by atoms with E-state index in [9.17, 15) is 29.7 Å². The Hall–Kier alpha value is -3.46. The van der Waals surface area contributed by atoms with Crippen LogP contribution in [0, 0.1) is 0 Å². The van der Waals surface area contributed by atoms with Crippen molar-refractivity contribution >= 4 is 29.4 Å². The van der Waals surface area contributed by atoms with Gasteiger partial charge in [-0.15, -0.1) is 0 Å². The van der Waals surface area contributed by atoms with Crippen LogP contribution >= 0.6 is 11.6 Å². The number of hydrogen-bond donors (Lipinski definition) is 5. The summed E-state index contributed by atoms with van der Waals surface area (Å²) in [5.41, 5.74) is 1.34. The molecule has 0 aliphatic carbocycles. The Kier molecular flexibility index (Phi) is 16.9. The summed E-state index contributed by atoms with van der Waals surface area (Å²) in [7, 11) is 2.69. The Morgan fingerprint density at radius 3 is 2.22 bits per heavy atom. The predicted molar refractivity (Wildman–Crippen MR) is 189 cm³/mol. The monoisotopic (exact) mass is 736 g/mol. The van der Waals surface area contributed by atoms with E-state index in [2.05, 4.69) is 10.6 Å². The molecule has 0 aromatic heterocycles. The fraction of sp³-hybridized carbons (Fsp3) is 0.595. The summed E-state index contributed by atoms with van der Waals surface area (Å²) in [5.74, 6) is -0.432. The molecule has 5 atom stereocenters. The number of methoxy groups -OCH3 is 2. The van der Waals surface area contributed by atoms with Crippen molar-refractivity contribution in [1.29, 1.82) is 0 Å². The van der Waals surface area contributed by atoms with Gasteiger partial charge in [0.2, 0.25) is 5.91 Å². The van der Waals surface area contributed by atoms with Crippen molar-refractivity contribution in [2.75, 3.05) is 20.8 Å². The standard InChI is InChI=1S/C37H53ClN2O11/c1-37(2,3)51-31(43)16-11-9-7-6-8-10-15-30(42)39-20-23-13-12-14-24(17-23)22-49-28-19-27(47-4)25(18-26(28)38)35(46)40-32-34(45)33(44)29(21-41)50-36(32)48-5/h12-14,17-19,29,32-34,36,41,44-45H,6-11,15-16,20-22H2,1-5H3,(H,39,42)(H,40,46)/t29-,32-,33-,34-,36+/m1/s1. The molecule has 3 rings (SSSR count). The minimum absolute atomic E-state index is 0.0154. The van der Waals surface area contributed by atoms with E-state index in [0.29, 0.717) is 19.4 Å². The van der Waals surface area contributed by atoms with Crippen molar-refractivity contribution in [3.05, 3.63) is 58.1 Å². The number of esters is 1. The maximum absolute atomic E-state index is 13.2. The summed E-state index contributed by atoms with van der Waals surface area (Å²) in [5, 5.41) is 36.0. The number of rotatable bonds is 19. The minimum atomic E-state index is -1.48. The molecule has 1 saturated heterocycles. The highest BCUT2D eigenvalue weighted by Gasteiger charge is 2.45. The molecule has 14 heteroatoms. The van der Waals surface area contributed by atoms with Gasteiger partial charge in [0, 0.05) is 32.6 Å². The van der Waals surface area contributed by atoms with Crippen LogP contribution in [0.3, 0.4) is 0 Å². The number of ether oxygens (including phenoxy) is 5. The first-order valence-corrected chi connectivity index (χ1v) is 17.7. The van der Waals surface area contributed by atoms with E-state index < -0.39 is 48.8 Å². The number of halogens is 1. The van der Waals surface area contributed by atoms with Gasteiger partial charge in [-0.2, -0.15) is 0 Å². The van der Waals surface area contributed by atoms with Crippen molar-refractivity contribution in [2.24, 2.45) is 0 Å². The SMILES string of the molecule is COc1cc(OCc2cccc(CNC(=O)CCCCCCCCC(=O)OC(C)(C)C)c2)c(Cl)cc1C(=O)N[C@H]1[C@@H](OC)O[C@H](CO)[C@@H](O)[C@@H]1O. The van der Waals surface area contributed by atoms with Crippen molar-refractivity contribution in [2.45, 2.75) is 122 Å². The summed E-state index contributed by atoms with van der Waals surface area (Å²) < 4.78 is 27.4. The zero-order valence-electron chi connectivity index (χ0n) is 30.1. The molecular weight excluding hydrogens is 684 g/mol. The molecular formula is C37H53ClN2O11. The smallest absolute Gasteiger partial charge is 0.306 e. The third-order valence-electron chi connectivity index (χ3n) is 8.24. The first-order valence-electron chi connectivity index (χ1n) is 17.3. The molecule has 0 radical (unpaired) electrons. The Morgan fingerprint density at radius 2 is 1.57 bits per heavy atom. The molecule has 2 aromatic carbocycles.